The Hall–Kier alpha value is -2.49. The Labute approximate surface area is 163 Å². The van der Waals surface area contributed by atoms with Gasteiger partial charge in [0, 0.05) is 19.1 Å². The molecule has 1 fully saturated rings. The van der Waals surface area contributed by atoms with E-state index in [2.05, 4.69) is 10.3 Å². The van der Waals surface area contributed by atoms with Crippen LogP contribution in [0, 0.1) is 0 Å². The highest BCUT2D eigenvalue weighted by atomic mass is 32.2. The molecule has 0 bridgehead atoms. The van der Waals surface area contributed by atoms with Gasteiger partial charge in [-0.25, -0.2) is 17.9 Å². The first-order valence-electron chi connectivity index (χ1n) is 9.31. The van der Waals surface area contributed by atoms with Crippen molar-refractivity contribution in [3.05, 3.63) is 23.8 Å². The zero-order valence-corrected chi connectivity index (χ0v) is 17.0. The van der Waals surface area contributed by atoms with Crippen LogP contribution in [0.4, 0.5) is 0 Å². The van der Waals surface area contributed by atoms with Crippen LogP contribution in [0.25, 0.3) is 11.0 Å². The Balaban J connectivity index is 1.69. The third-order valence-electron chi connectivity index (χ3n) is 4.95. The van der Waals surface area contributed by atoms with Crippen molar-refractivity contribution >= 4 is 32.7 Å². The van der Waals surface area contributed by atoms with Gasteiger partial charge < -0.3 is 9.64 Å². The lowest BCUT2D eigenvalue weighted by molar-refractivity contribution is -0.141. The molecule has 0 radical (unpaired) electrons. The fraction of sp³-hybridized carbons (Fsp3) is 0.556. The Bertz CT molecular complexity index is 1000. The summed E-state index contributed by atoms with van der Waals surface area (Å²) in [5, 5.41) is 8.03. The normalized spacial score (nSPS) is 19.5. The molecule has 1 amide bonds. The number of carbonyl (C=O) groups excluding carboxylic acids is 2. The Morgan fingerprint density at radius 1 is 1.36 bits per heavy atom. The number of aryl methyl sites for hydroxylation is 1. The van der Waals surface area contributed by atoms with Crippen molar-refractivity contribution in [1.82, 2.24) is 19.9 Å². The maximum atomic E-state index is 12.7. The zero-order valence-electron chi connectivity index (χ0n) is 16.2. The fourth-order valence-corrected chi connectivity index (χ4v) is 5.19. The summed E-state index contributed by atoms with van der Waals surface area (Å²) in [7, 11) is -3.11. The van der Waals surface area contributed by atoms with E-state index in [9.17, 15) is 18.0 Å². The van der Waals surface area contributed by atoms with Gasteiger partial charge in [0.25, 0.3) is 5.91 Å². The lowest BCUT2D eigenvalue weighted by atomic mass is 10.2. The second-order valence-corrected chi connectivity index (χ2v) is 9.07. The predicted molar refractivity (Wildman–Crippen MR) is 103 cm³/mol. The molecule has 1 saturated heterocycles. The number of rotatable bonds is 6. The van der Waals surface area contributed by atoms with E-state index >= 15 is 0 Å². The van der Waals surface area contributed by atoms with Crippen molar-refractivity contribution in [1.29, 1.82) is 0 Å². The van der Waals surface area contributed by atoms with Crippen LogP contribution in [0.3, 0.4) is 0 Å². The molecule has 152 valence electrons. The average molecular weight is 408 g/mol. The number of benzene rings is 1. The van der Waals surface area contributed by atoms with Gasteiger partial charge >= 0.3 is 5.97 Å². The molecular formula is C18H24N4O5S. The van der Waals surface area contributed by atoms with Crippen LogP contribution >= 0.6 is 0 Å². The molecule has 2 aromatic rings. The first kappa shape index (κ1) is 20.2. The maximum absolute atomic E-state index is 12.7. The number of hydrogen-bond acceptors (Lipinski definition) is 7. The van der Waals surface area contributed by atoms with Gasteiger partial charge in [-0.1, -0.05) is 5.21 Å². The summed E-state index contributed by atoms with van der Waals surface area (Å²) >= 11 is 0. The van der Waals surface area contributed by atoms with Crippen molar-refractivity contribution < 1.29 is 22.7 Å². The molecule has 1 aliphatic heterocycles. The Morgan fingerprint density at radius 2 is 2.11 bits per heavy atom. The topological polar surface area (TPSA) is 111 Å². The number of carbonyl (C=O) groups is 2. The molecule has 2 heterocycles. The number of amides is 1. The summed E-state index contributed by atoms with van der Waals surface area (Å²) in [6.07, 6.45) is -0.607. The molecule has 28 heavy (non-hydrogen) atoms. The highest BCUT2D eigenvalue weighted by molar-refractivity contribution is 7.91. The first-order valence-corrected chi connectivity index (χ1v) is 11.1. The third-order valence-corrected chi connectivity index (χ3v) is 6.70. The fourth-order valence-electron chi connectivity index (χ4n) is 3.46. The Morgan fingerprint density at radius 3 is 2.71 bits per heavy atom. The molecule has 3 rings (SSSR count). The number of fused-ring (bicyclic) bond motifs is 1. The first-order chi connectivity index (χ1) is 13.3. The second kappa shape index (κ2) is 7.86. The minimum Gasteiger partial charge on any atom is -0.449 e. The summed E-state index contributed by atoms with van der Waals surface area (Å²) in [4.78, 5) is 26.7. The van der Waals surface area contributed by atoms with Crippen LogP contribution in [0.1, 0.15) is 37.6 Å². The number of ether oxygens (including phenoxy) is 1. The predicted octanol–water partition coefficient (Wildman–Crippen LogP) is 1.03. The van der Waals surface area contributed by atoms with Crippen LogP contribution in [-0.4, -0.2) is 70.4 Å². The summed E-state index contributed by atoms with van der Waals surface area (Å²) in [6, 6.07) is 4.56. The number of nitrogens with zero attached hydrogens (tertiary/aromatic N) is 4. The zero-order chi connectivity index (χ0) is 20.5. The van der Waals surface area contributed by atoms with E-state index < -0.39 is 27.8 Å². The van der Waals surface area contributed by atoms with Gasteiger partial charge in [0.2, 0.25) is 0 Å². The van der Waals surface area contributed by atoms with E-state index in [-0.39, 0.29) is 23.1 Å². The van der Waals surface area contributed by atoms with E-state index in [1.165, 1.54) is 11.8 Å². The van der Waals surface area contributed by atoms with Crippen LogP contribution < -0.4 is 0 Å². The smallest absolute Gasteiger partial charge is 0.338 e. The summed E-state index contributed by atoms with van der Waals surface area (Å²) in [5.74, 6) is -0.995. The molecule has 9 nitrogen and oxygen atoms in total. The highest BCUT2D eigenvalue weighted by Gasteiger charge is 2.36. The second-order valence-electron chi connectivity index (χ2n) is 6.84. The van der Waals surface area contributed by atoms with E-state index in [1.54, 1.807) is 29.8 Å². The minimum atomic E-state index is -3.11. The molecular weight excluding hydrogens is 384 g/mol. The van der Waals surface area contributed by atoms with Gasteiger partial charge in [-0.15, -0.1) is 5.10 Å². The summed E-state index contributed by atoms with van der Waals surface area (Å²) in [6.45, 7) is 6.24. The van der Waals surface area contributed by atoms with E-state index in [4.69, 9.17) is 4.74 Å². The van der Waals surface area contributed by atoms with Gasteiger partial charge in [-0.3, -0.25) is 4.79 Å². The lowest BCUT2D eigenvalue weighted by Crippen LogP contribution is -2.46. The molecule has 1 aromatic heterocycles. The lowest BCUT2D eigenvalue weighted by Gasteiger charge is -2.29. The van der Waals surface area contributed by atoms with Gasteiger partial charge in [0.15, 0.2) is 15.9 Å². The number of aromatic nitrogens is 3. The van der Waals surface area contributed by atoms with Gasteiger partial charge in [-0.05, 0) is 45.4 Å². The van der Waals surface area contributed by atoms with Crippen molar-refractivity contribution in [3.63, 3.8) is 0 Å². The molecule has 1 aromatic carbocycles. The summed E-state index contributed by atoms with van der Waals surface area (Å²) in [5.41, 5.74) is 1.66. The van der Waals surface area contributed by atoms with Crippen molar-refractivity contribution in [2.75, 3.05) is 18.1 Å². The SMILES string of the molecule is CCN(C(=O)[C@H](C)OC(=O)c1ccc2c(c1)nnn2CC)[C@@H]1CCS(=O)(=O)C1. The van der Waals surface area contributed by atoms with Crippen LogP contribution in [0.15, 0.2) is 18.2 Å². The molecule has 0 N–H and O–H groups in total. The standard InChI is InChI=1S/C18H24N4O5S/c1-4-21(14-8-9-28(25,26)11-14)17(23)12(3)27-18(24)13-6-7-16-15(10-13)19-20-22(16)5-2/h6-7,10,12,14H,4-5,8-9,11H2,1-3H3/t12-,14+/m0/s1. The van der Waals surface area contributed by atoms with Gasteiger partial charge in [0.05, 0.1) is 22.6 Å². The van der Waals surface area contributed by atoms with Crippen LogP contribution in [0.2, 0.25) is 0 Å². The monoisotopic (exact) mass is 408 g/mol. The minimum absolute atomic E-state index is 0.0446. The summed E-state index contributed by atoms with van der Waals surface area (Å²) < 4.78 is 30.5. The van der Waals surface area contributed by atoms with Crippen molar-refractivity contribution in [2.45, 2.75) is 45.9 Å². The average Bonchev–Trinajstić information content (AvgIpc) is 3.24. The molecule has 0 saturated carbocycles. The molecule has 10 heteroatoms. The Kier molecular flexibility index (Phi) is 5.69. The van der Waals surface area contributed by atoms with E-state index in [0.29, 0.717) is 25.0 Å². The molecule has 2 atom stereocenters. The number of esters is 1. The number of hydrogen-bond donors (Lipinski definition) is 0. The quantitative estimate of drug-likeness (QED) is 0.656. The van der Waals surface area contributed by atoms with Crippen molar-refractivity contribution in [2.24, 2.45) is 0 Å². The van der Waals surface area contributed by atoms with E-state index in [1.807, 2.05) is 6.92 Å². The number of likely N-dealkylation sites (N-methyl/N-ethyl adjacent to an activating group) is 1. The van der Waals surface area contributed by atoms with E-state index in [0.717, 1.165) is 5.52 Å². The maximum Gasteiger partial charge on any atom is 0.338 e. The third kappa shape index (κ3) is 4.01. The molecule has 0 aliphatic carbocycles. The van der Waals surface area contributed by atoms with Crippen LogP contribution in [0.5, 0.6) is 0 Å². The van der Waals surface area contributed by atoms with Crippen molar-refractivity contribution in [3.8, 4) is 0 Å². The molecule has 0 spiro atoms. The molecule has 1 aliphatic rings. The number of sulfone groups is 1. The molecule has 0 unspecified atom stereocenters. The largest absolute Gasteiger partial charge is 0.449 e. The van der Waals surface area contributed by atoms with Gasteiger partial charge in [-0.2, -0.15) is 0 Å². The highest BCUT2D eigenvalue weighted by Crippen LogP contribution is 2.20. The van der Waals surface area contributed by atoms with Gasteiger partial charge in [0.1, 0.15) is 5.52 Å². The van der Waals surface area contributed by atoms with Crippen LogP contribution in [-0.2, 0) is 25.9 Å².